The Bertz CT molecular complexity index is 594. The van der Waals surface area contributed by atoms with Gasteiger partial charge in [-0.15, -0.1) is 0 Å². The van der Waals surface area contributed by atoms with Gasteiger partial charge in [-0.25, -0.2) is 0 Å². The van der Waals surface area contributed by atoms with Crippen molar-refractivity contribution in [1.29, 1.82) is 0 Å². The van der Waals surface area contributed by atoms with Crippen molar-refractivity contribution in [2.45, 2.75) is 19.1 Å². The maximum absolute atomic E-state index is 10.5. The van der Waals surface area contributed by atoms with Gasteiger partial charge < -0.3 is 14.8 Å². The predicted molar refractivity (Wildman–Crippen MR) is 70.2 cm³/mol. The number of hydrogen-bond donors (Lipinski definition) is 2. The van der Waals surface area contributed by atoms with E-state index in [2.05, 4.69) is 0 Å². The van der Waals surface area contributed by atoms with Crippen molar-refractivity contribution in [1.82, 2.24) is 4.57 Å². The highest BCUT2D eigenvalue weighted by Gasteiger charge is 2.13. The van der Waals surface area contributed by atoms with Crippen LogP contribution in [0.5, 0.6) is 0 Å². The van der Waals surface area contributed by atoms with Crippen molar-refractivity contribution in [2.75, 3.05) is 0 Å². The topological polar surface area (TPSA) is 62.5 Å². The molecule has 96 valence electrons. The molecule has 4 nitrogen and oxygen atoms in total. The molecule has 0 spiro atoms. The molecular weight excluding hydrogens is 277 g/mol. The van der Waals surface area contributed by atoms with Gasteiger partial charge in [0.2, 0.25) is 0 Å². The van der Waals surface area contributed by atoms with E-state index >= 15 is 0 Å². The molecule has 1 aromatic carbocycles. The second kappa shape index (κ2) is 5.18. The number of aliphatic carboxylic acids is 1. The molecule has 1 heterocycles. The highest BCUT2D eigenvalue weighted by Crippen LogP contribution is 2.28. The Balaban J connectivity index is 2.32. The number of aromatic nitrogens is 1. The van der Waals surface area contributed by atoms with Crippen LogP contribution in [0.1, 0.15) is 6.42 Å². The Hall–Kier alpha value is -1.23. The first-order chi connectivity index (χ1) is 8.47. The summed E-state index contributed by atoms with van der Waals surface area (Å²) in [6, 6.07) is 5.18. The van der Waals surface area contributed by atoms with E-state index in [0.29, 0.717) is 10.0 Å². The van der Waals surface area contributed by atoms with Crippen LogP contribution in [0.25, 0.3) is 10.9 Å². The molecule has 0 aliphatic rings. The molecule has 1 unspecified atom stereocenters. The summed E-state index contributed by atoms with van der Waals surface area (Å²) in [6.07, 6.45) is 0.502. The lowest BCUT2D eigenvalue weighted by atomic mass is 10.2. The third kappa shape index (κ3) is 2.77. The lowest BCUT2D eigenvalue weighted by Gasteiger charge is -2.10. The molecule has 1 aromatic heterocycles. The zero-order valence-corrected chi connectivity index (χ0v) is 10.8. The van der Waals surface area contributed by atoms with E-state index in [-0.39, 0.29) is 13.0 Å². The lowest BCUT2D eigenvalue weighted by molar-refractivity contribution is -0.139. The standard InChI is InChI=1S/C12H11Cl2NO3/c13-7-3-10(14)9-1-2-15(11(9)4-7)6-8(16)5-12(17)18/h1-4,8,16H,5-6H2,(H,17,18). The number of aliphatic hydroxyl groups excluding tert-OH is 1. The maximum atomic E-state index is 10.5. The van der Waals surface area contributed by atoms with Gasteiger partial charge in [0, 0.05) is 23.2 Å². The number of aliphatic hydroxyl groups is 1. The largest absolute Gasteiger partial charge is 0.481 e. The first-order valence-electron chi connectivity index (χ1n) is 5.31. The number of carbonyl (C=O) groups is 1. The number of fused-ring (bicyclic) bond motifs is 1. The molecule has 0 radical (unpaired) electrons. The van der Waals surface area contributed by atoms with Gasteiger partial charge in [-0.2, -0.15) is 0 Å². The molecule has 2 N–H and O–H groups in total. The molecule has 18 heavy (non-hydrogen) atoms. The Kier molecular flexibility index (Phi) is 3.80. The van der Waals surface area contributed by atoms with Crippen molar-refractivity contribution in [3.8, 4) is 0 Å². The number of carboxylic acid groups (broad SMARTS) is 1. The minimum absolute atomic E-state index is 0.187. The maximum Gasteiger partial charge on any atom is 0.306 e. The summed E-state index contributed by atoms with van der Waals surface area (Å²) in [6.45, 7) is 0.187. The highest BCUT2D eigenvalue weighted by molar-refractivity contribution is 6.38. The van der Waals surface area contributed by atoms with Gasteiger partial charge in [0.15, 0.2) is 0 Å². The van der Waals surface area contributed by atoms with E-state index < -0.39 is 12.1 Å². The van der Waals surface area contributed by atoms with E-state index in [1.807, 2.05) is 6.07 Å². The van der Waals surface area contributed by atoms with Gasteiger partial charge >= 0.3 is 5.97 Å². The molecule has 2 rings (SSSR count). The summed E-state index contributed by atoms with van der Waals surface area (Å²) in [5.74, 6) is -1.03. The van der Waals surface area contributed by atoms with E-state index in [1.165, 1.54) is 0 Å². The Morgan fingerprint density at radius 1 is 1.39 bits per heavy atom. The van der Waals surface area contributed by atoms with E-state index in [4.69, 9.17) is 28.3 Å². The third-order valence-corrected chi connectivity index (χ3v) is 3.15. The quantitative estimate of drug-likeness (QED) is 0.909. The molecule has 0 saturated heterocycles. The zero-order chi connectivity index (χ0) is 13.3. The summed E-state index contributed by atoms with van der Waals surface area (Å²) >= 11 is 12.0. The monoisotopic (exact) mass is 287 g/mol. The molecule has 0 amide bonds. The van der Waals surface area contributed by atoms with Crippen LogP contribution in [0.2, 0.25) is 10.0 Å². The SMILES string of the molecule is O=C(O)CC(O)Cn1ccc2c(Cl)cc(Cl)cc21. The summed E-state index contributed by atoms with van der Waals surface area (Å²) in [5.41, 5.74) is 0.775. The zero-order valence-electron chi connectivity index (χ0n) is 9.31. The van der Waals surface area contributed by atoms with Crippen molar-refractivity contribution in [3.05, 3.63) is 34.4 Å². The minimum Gasteiger partial charge on any atom is -0.481 e. The van der Waals surface area contributed by atoms with Crippen LogP contribution in [0.3, 0.4) is 0 Å². The van der Waals surface area contributed by atoms with E-state index in [9.17, 15) is 9.90 Å². The van der Waals surface area contributed by atoms with Gasteiger partial charge in [-0.05, 0) is 18.2 Å². The smallest absolute Gasteiger partial charge is 0.306 e. The number of nitrogens with zero attached hydrogens (tertiary/aromatic N) is 1. The summed E-state index contributed by atoms with van der Waals surface area (Å²) < 4.78 is 1.74. The van der Waals surface area contributed by atoms with Gasteiger partial charge in [0.1, 0.15) is 0 Å². The summed E-state index contributed by atoms with van der Waals surface area (Å²) in [7, 11) is 0. The number of hydrogen-bond acceptors (Lipinski definition) is 2. The molecular formula is C12H11Cl2NO3. The van der Waals surface area contributed by atoms with Crippen LogP contribution < -0.4 is 0 Å². The fourth-order valence-corrected chi connectivity index (χ4v) is 2.42. The van der Waals surface area contributed by atoms with Crippen molar-refractivity contribution < 1.29 is 15.0 Å². The van der Waals surface area contributed by atoms with Gasteiger partial charge in [0.05, 0.1) is 23.1 Å². The molecule has 2 aromatic rings. The Labute approximate surface area is 113 Å². The Morgan fingerprint density at radius 2 is 2.11 bits per heavy atom. The molecule has 0 fully saturated rings. The molecule has 1 atom stereocenters. The minimum atomic E-state index is -1.03. The van der Waals surface area contributed by atoms with Crippen LogP contribution in [0.15, 0.2) is 24.4 Å². The van der Waals surface area contributed by atoms with Crippen molar-refractivity contribution in [3.63, 3.8) is 0 Å². The molecule has 0 saturated carbocycles. The number of carboxylic acids is 1. The average Bonchev–Trinajstić information content (AvgIpc) is 2.60. The van der Waals surface area contributed by atoms with Crippen LogP contribution in [-0.2, 0) is 11.3 Å². The van der Waals surface area contributed by atoms with E-state index in [1.54, 1.807) is 22.9 Å². The summed E-state index contributed by atoms with van der Waals surface area (Å²) in [4.78, 5) is 10.5. The normalized spacial score (nSPS) is 12.8. The average molecular weight is 288 g/mol. The lowest BCUT2D eigenvalue weighted by Crippen LogP contribution is -2.19. The predicted octanol–water partition coefficient (Wildman–Crippen LogP) is 2.78. The van der Waals surface area contributed by atoms with Gasteiger partial charge in [0.25, 0.3) is 0 Å². The van der Waals surface area contributed by atoms with Crippen LogP contribution >= 0.6 is 23.2 Å². The second-order valence-corrected chi connectivity index (χ2v) is 4.88. The van der Waals surface area contributed by atoms with Gasteiger partial charge in [-0.3, -0.25) is 4.79 Å². The van der Waals surface area contributed by atoms with Crippen molar-refractivity contribution in [2.24, 2.45) is 0 Å². The molecule has 0 aliphatic carbocycles. The third-order valence-electron chi connectivity index (χ3n) is 2.62. The Morgan fingerprint density at radius 3 is 2.78 bits per heavy atom. The first kappa shape index (κ1) is 13.2. The fraction of sp³-hybridized carbons (Fsp3) is 0.250. The molecule has 6 heteroatoms. The first-order valence-corrected chi connectivity index (χ1v) is 6.06. The number of benzene rings is 1. The van der Waals surface area contributed by atoms with Gasteiger partial charge in [-0.1, -0.05) is 23.2 Å². The summed E-state index contributed by atoms with van der Waals surface area (Å²) in [5, 5.41) is 20.1. The fourth-order valence-electron chi connectivity index (χ4n) is 1.87. The molecule has 0 aliphatic heterocycles. The van der Waals surface area contributed by atoms with Crippen molar-refractivity contribution >= 4 is 40.1 Å². The highest BCUT2D eigenvalue weighted by atomic mass is 35.5. The number of rotatable bonds is 4. The van der Waals surface area contributed by atoms with Crippen LogP contribution in [0.4, 0.5) is 0 Å². The second-order valence-electron chi connectivity index (χ2n) is 4.04. The molecule has 0 bridgehead atoms. The van der Waals surface area contributed by atoms with Crippen LogP contribution in [-0.4, -0.2) is 26.9 Å². The number of halogens is 2. The van der Waals surface area contributed by atoms with E-state index in [0.717, 1.165) is 10.9 Å². The van der Waals surface area contributed by atoms with Crippen LogP contribution in [0, 0.1) is 0 Å².